The molecule has 12 aromatic rings. The van der Waals surface area contributed by atoms with Gasteiger partial charge < -0.3 is 9.47 Å². The van der Waals surface area contributed by atoms with E-state index < -0.39 is 0 Å². The summed E-state index contributed by atoms with van der Waals surface area (Å²) < 4.78 is 4.98. The van der Waals surface area contributed by atoms with Crippen molar-refractivity contribution in [2.75, 3.05) is 4.90 Å². The van der Waals surface area contributed by atoms with Crippen molar-refractivity contribution in [3.05, 3.63) is 231 Å². The predicted octanol–water partition coefficient (Wildman–Crippen LogP) is 16.8. The molecule has 0 amide bonds. The van der Waals surface area contributed by atoms with Gasteiger partial charge in [0.1, 0.15) is 0 Å². The fraction of sp³-hybridized carbons (Fsp3) is 0. The molecule has 0 fully saturated rings. The lowest BCUT2D eigenvalue weighted by Crippen LogP contribution is -2.10. The first-order valence-electron chi connectivity index (χ1n) is 20.8. The first kappa shape index (κ1) is 35.2. The molecule has 0 unspecified atom stereocenters. The minimum Gasteiger partial charge on any atom is -0.310 e. The quantitative estimate of drug-likeness (QED) is 0.156. The van der Waals surface area contributed by atoms with E-state index in [1.165, 1.54) is 97.5 Å². The Hall–Kier alpha value is -7.72. The average molecular weight is 795 g/mol. The van der Waals surface area contributed by atoms with Crippen LogP contribution in [-0.2, 0) is 0 Å². The maximum atomic E-state index is 2.45. The topological polar surface area (TPSA) is 8.17 Å². The van der Waals surface area contributed by atoms with Gasteiger partial charge in [-0.2, -0.15) is 0 Å². The van der Waals surface area contributed by atoms with Gasteiger partial charge >= 0.3 is 0 Å². The number of thiophene rings is 1. The van der Waals surface area contributed by atoms with Gasteiger partial charge in [-0.05, 0) is 117 Å². The largest absolute Gasteiger partial charge is 0.310 e. The van der Waals surface area contributed by atoms with E-state index in [0.29, 0.717) is 0 Å². The van der Waals surface area contributed by atoms with Crippen molar-refractivity contribution in [1.82, 2.24) is 4.57 Å². The molecule has 0 saturated carbocycles. The van der Waals surface area contributed by atoms with Crippen LogP contribution in [0.15, 0.2) is 231 Å². The van der Waals surface area contributed by atoms with E-state index in [-0.39, 0.29) is 0 Å². The highest BCUT2D eigenvalue weighted by Gasteiger charge is 2.20. The number of anilines is 3. The fourth-order valence-corrected chi connectivity index (χ4v) is 10.6. The summed E-state index contributed by atoms with van der Waals surface area (Å²) in [6.45, 7) is 0. The van der Waals surface area contributed by atoms with Crippen molar-refractivity contribution in [2.45, 2.75) is 0 Å². The van der Waals surface area contributed by atoms with E-state index >= 15 is 0 Å². The van der Waals surface area contributed by atoms with Crippen molar-refractivity contribution in [3.63, 3.8) is 0 Å². The molecule has 12 rings (SSSR count). The summed E-state index contributed by atoms with van der Waals surface area (Å²) in [4.78, 5) is 2.45. The van der Waals surface area contributed by atoms with Crippen molar-refractivity contribution in [3.8, 4) is 39.1 Å². The summed E-state index contributed by atoms with van der Waals surface area (Å²) in [5, 5.41) is 7.64. The van der Waals surface area contributed by atoms with E-state index in [2.05, 4.69) is 240 Å². The first-order chi connectivity index (χ1) is 30.2. The van der Waals surface area contributed by atoms with Crippen LogP contribution in [0, 0.1) is 0 Å². The highest BCUT2D eigenvalue weighted by Crippen LogP contribution is 2.47. The minimum absolute atomic E-state index is 1.11. The van der Waals surface area contributed by atoms with Crippen LogP contribution in [-0.4, -0.2) is 4.57 Å². The average Bonchev–Trinajstić information content (AvgIpc) is 3.89. The molecule has 0 bridgehead atoms. The van der Waals surface area contributed by atoms with Gasteiger partial charge in [0.05, 0.1) is 16.7 Å². The van der Waals surface area contributed by atoms with E-state index in [1.807, 2.05) is 11.3 Å². The Balaban J connectivity index is 0.990. The Morgan fingerprint density at radius 3 is 1.77 bits per heavy atom. The SMILES string of the molecule is c1ccc(-c2ccc(N(c3cccc(-c4cccc(-c5ccc6c(c5)c5ccccc5n6-c5ccccc5)c4)c3)c3cccc4sc5c6ccccc6ccc5c34)cc2)cc1. The number of fused-ring (bicyclic) bond motifs is 8. The smallest absolute Gasteiger partial charge is 0.0554 e. The molecule has 2 aromatic heterocycles. The van der Waals surface area contributed by atoms with Crippen LogP contribution >= 0.6 is 11.3 Å². The Morgan fingerprint density at radius 1 is 0.344 bits per heavy atom. The van der Waals surface area contributed by atoms with Crippen LogP contribution in [0.5, 0.6) is 0 Å². The third kappa shape index (κ3) is 6.01. The Kier molecular flexibility index (Phi) is 8.39. The van der Waals surface area contributed by atoms with Crippen molar-refractivity contribution < 1.29 is 0 Å². The lowest BCUT2D eigenvalue weighted by Gasteiger charge is -2.27. The van der Waals surface area contributed by atoms with Crippen LogP contribution in [0.1, 0.15) is 0 Å². The van der Waals surface area contributed by atoms with E-state index in [1.54, 1.807) is 0 Å². The van der Waals surface area contributed by atoms with Crippen LogP contribution in [0.3, 0.4) is 0 Å². The van der Waals surface area contributed by atoms with E-state index in [0.717, 1.165) is 11.4 Å². The molecule has 0 N–H and O–H groups in total. The second-order valence-corrected chi connectivity index (χ2v) is 16.8. The molecule has 0 spiro atoms. The van der Waals surface area contributed by atoms with Gasteiger partial charge in [-0.1, -0.05) is 158 Å². The number of nitrogens with zero attached hydrogens (tertiary/aromatic N) is 2. The Bertz CT molecular complexity index is 3580. The maximum absolute atomic E-state index is 2.45. The van der Waals surface area contributed by atoms with Gasteiger partial charge in [0.25, 0.3) is 0 Å². The zero-order chi connectivity index (χ0) is 40.3. The molecular weight excluding hydrogens is 757 g/mol. The summed E-state index contributed by atoms with van der Waals surface area (Å²) in [6.07, 6.45) is 0. The molecule has 61 heavy (non-hydrogen) atoms. The zero-order valence-corrected chi connectivity index (χ0v) is 34.1. The summed E-state index contributed by atoms with van der Waals surface area (Å²) in [6, 6.07) is 84.1. The van der Waals surface area contributed by atoms with Gasteiger partial charge in [-0.25, -0.2) is 0 Å². The molecule has 10 aromatic carbocycles. The van der Waals surface area contributed by atoms with Crippen LogP contribution in [0.2, 0.25) is 0 Å². The summed E-state index contributed by atoms with van der Waals surface area (Å²) in [5.74, 6) is 0. The summed E-state index contributed by atoms with van der Waals surface area (Å²) in [7, 11) is 0. The number of aromatic nitrogens is 1. The normalized spacial score (nSPS) is 11.6. The van der Waals surface area contributed by atoms with Gasteiger partial charge in [-0.15, -0.1) is 11.3 Å². The molecule has 0 saturated heterocycles. The Labute approximate surface area is 358 Å². The lowest BCUT2D eigenvalue weighted by molar-refractivity contribution is 1.18. The van der Waals surface area contributed by atoms with Crippen LogP contribution in [0.4, 0.5) is 17.1 Å². The third-order valence-electron chi connectivity index (χ3n) is 12.2. The number of rotatable bonds is 7. The molecule has 0 aliphatic carbocycles. The highest BCUT2D eigenvalue weighted by atomic mass is 32.1. The Morgan fingerprint density at radius 2 is 0.951 bits per heavy atom. The van der Waals surface area contributed by atoms with Gasteiger partial charge in [0, 0.05) is 48.0 Å². The third-order valence-corrected chi connectivity index (χ3v) is 13.4. The first-order valence-corrected chi connectivity index (χ1v) is 21.6. The van der Waals surface area contributed by atoms with Crippen molar-refractivity contribution >= 4 is 81.1 Å². The molecular formula is C58H38N2S. The monoisotopic (exact) mass is 794 g/mol. The molecule has 286 valence electrons. The molecule has 0 atom stereocenters. The molecule has 0 aliphatic rings. The molecule has 3 heteroatoms. The number of hydrogen-bond acceptors (Lipinski definition) is 2. The van der Waals surface area contributed by atoms with Crippen LogP contribution < -0.4 is 4.90 Å². The van der Waals surface area contributed by atoms with Gasteiger partial charge in [0.15, 0.2) is 0 Å². The number of hydrogen-bond donors (Lipinski definition) is 0. The maximum Gasteiger partial charge on any atom is 0.0554 e. The number of benzene rings is 10. The molecule has 2 heterocycles. The molecule has 0 radical (unpaired) electrons. The van der Waals surface area contributed by atoms with E-state index in [9.17, 15) is 0 Å². The van der Waals surface area contributed by atoms with Gasteiger partial charge in [0.2, 0.25) is 0 Å². The van der Waals surface area contributed by atoms with E-state index in [4.69, 9.17) is 0 Å². The molecule has 0 aliphatic heterocycles. The zero-order valence-electron chi connectivity index (χ0n) is 33.2. The second-order valence-electron chi connectivity index (χ2n) is 15.7. The van der Waals surface area contributed by atoms with Gasteiger partial charge in [-0.3, -0.25) is 0 Å². The van der Waals surface area contributed by atoms with Crippen molar-refractivity contribution in [2.24, 2.45) is 0 Å². The predicted molar refractivity (Wildman–Crippen MR) is 262 cm³/mol. The second kappa shape index (κ2) is 14.5. The summed E-state index contributed by atoms with van der Waals surface area (Å²) >= 11 is 1.89. The fourth-order valence-electron chi connectivity index (χ4n) is 9.29. The lowest BCUT2D eigenvalue weighted by atomic mass is 9.97. The highest BCUT2D eigenvalue weighted by molar-refractivity contribution is 7.26. The standard InChI is InChI=1S/C58H38N2S/c1-3-14-39(15-4-1)40-28-32-47(33-29-40)59(55-26-13-27-56-57(55)51-34-30-41-16-7-8-23-49(41)58(51)61-56)48-22-12-19-44(37-48)42-17-11-18-43(36-42)45-31-35-54-52(38-45)50-24-9-10-25-53(50)60(54)46-20-5-2-6-21-46/h1-38H. The van der Waals surface area contributed by atoms with Crippen molar-refractivity contribution in [1.29, 1.82) is 0 Å². The molecule has 2 nitrogen and oxygen atoms in total. The van der Waals surface area contributed by atoms with Crippen LogP contribution in [0.25, 0.3) is 91.8 Å². The number of para-hydroxylation sites is 2. The summed E-state index contributed by atoms with van der Waals surface area (Å²) in [5.41, 5.74) is 14.1. The minimum atomic E-state index is 1.11.